The van der Waals surface area contributed by atoms with Crippen LogP contribution in [0.15, 0.2) is 53.4 Å². The molecule has 0 saturated carbocycles. The van der Waals surface area contributed by atoms with Crippen LogP contribution in [0.2, 0.25) is 0 Å². The van der Waals surface area contributed by atoms with Gasteiger partial charge in [-0.15, -0.1) is 0 Å². The highest BCUT2D eigenvalue weighted by Gasteiger charge is 2.46. The quantitative estimate of drug-likeness (QED) is 0.845. The molecule has 0 aliphatic carbocycles. The summed E-state index contributed by atoms with van der Waals surface area (Å²) >= 11 is 0. The number of rotatable bonds is 4. The van der Waals surface area contributed by atoms with Gasteiger partial charge in [0.05, 0.1) is 16.1 Å². The molecule has 0 radical (unpaired) electrons. The first kappa shape index (κ1) is 19.4. The summed E-state index contributed by atoms with van der Waals surface area (Å²) in [4.78, 5) is 23.0. The molecule has 0 atom stereocenters. The number of hydrogen-bond donors (Lipinski definition) is 2. The molecule has 0 fully saturated rings. The predicted molar refractivity (Wildman–Crippen MR) is 87.5 cm³/mol. The fraction of sp³-hybridized carbons (Fsp3) is 0.125. The first-order chi connectivity index (χ1) is 12.1. The third kappa shape index (κ3) is 3.85. The standard InChI is InChI=1S/C16H13F3N2O4S/c1-20-15(23)12-4-2-3-5-13(12)21-14(22)10-6-8-11(9-7-10)26(24,25)16(17,18)19/h2-9H,1H3,(H,20,23)(H,21,22). The van der Waals surface area contributed by atoms with Crippen LogP contribution in [0, 0.1) is 0 Å². The zero-order valence-corrected chi connectivity index (χ0v) is 14.1. The lowest BCUT2D eigenvalue weighted by molar-refractivity contribution is -0.0436. The first-order valence-corrected chi connectivity index (χ1v) is 8.60. The summed E-state index contributed by atoms with van der Waals surface area (Å²) in [6.45, 7) is 0. The van der Waals surface area contributed by atoms with Crippen molar-refractivity contribution in [1.29, 1.82) is 0 Å². The highest BCUT2D eigenvalue weighted by molar-refractivity contribution is 7.92. The predicted octanol–water partition coefficient (Wildman–Crippen LogP) is 2.59. The summed E-state index contributed by atoms with van der Waals surface area (Å²) in [6.07, 6.45) is 0. The molecule has 0 bridgehead atoms. The van der Waals surface area contributed by atoms with Crippen LogP contribution in [0.5, 0.6) is 0 Å². The lowest BCUT2D eigenvalue weighted by Gasteiger charge is -2.11. The van der Waals surface area contributed by atoms with Crippen LogP contribution in [0.25, 0.3) is 0 Å². The molecular formula is C16H13F3N2O4S. The van der Waals surface area contributed by atoms with Crippen molar-refractivity contribution in [2.45, 2.75) is 10.4 Å². The molecule has 26 heavy (non-hydrogen) atoms. The molecule has 0 unspecified atom stereocenters. The van der Waals surface area contributed by atoms with Crippen molar-refractivity contribution < 1.29 is 31.2 Å². The van der Waals surface area contributed by atoms with Gasteiger partial charge in [0, 0.05) is 12.6 Å². The monoisotopic (exact) mass is 386 g/mol. The molecule has 0 aliphatic rings. The summed E-state index contributed by atoms with van der Waals surface area (Å²) in [7, 11) is -4.07. The van der Waals surface area contributed by atoms with Gasteiger partial charge in [-0.3, -0.25) is 9.59 Å². The van der Waals surface area contributed by atoms with E-state index in [9.17, 15) is 31.2 Å². The van der Waals surface area contributed by atoms with Gasteiger partial charge in [0.1, 0.15) is 0 Å². The Balaban J connectivity index is 2.27. The lowest BCUT2D eigenvalue weighted by Crippen LogP contribution is -2.23. The normalized spacial score (nSPS) is 11.7. The van der Waals surface area contributed by atoms with Gasteiger partial charge in [-0.25, -0.2) is 8.42 Å². The molecular weight excluding hydrogens is 373 g/mol. The van der Waals surface area contributed by atoms with Crippen LogP contribution in [0.1, 0.15) is 20.7 Å². The smallest absolute Gasteiger partial charge is 0.355 e. The number of alkyl halides is 3. The van der Waals surface area contributed by atoms with E-state index in [2.05, 4.69) is 10.6 Å². The lowest BCUT2D eigenvalue weighted by atomic mass is 10.1. The van der Waals surface area contributed by atoms with Crippen molar-refractivity contribution in [1.82, 2.24) is 5.32 Å². The zero-order valence-electron chi connectivity index (χ0n) is 13.3. The number of halogens is 3. The number of anilines is 1. The van der Waals surface area contributed by atoms with Crippen molar-refractivity contribution in [2.75, 3.05) is 12.4 Å². The zero-order chi connectivity index (χ0) is 19.5. The first-order valence-electron chi connectivity index (χ1n) is 7.12. The highest BCUT2D eigenvalue weighted by Crippen LogP contribution is 2.30. The SMILES string of the molecule is CNC(=O)c1ccccc1NC(=O)c1ccc(S(=O)(=O)C(F)(F)F)cc1. The number of nitrogens with one attached hydrogen (secondary N) is 2. The average molecular weight is 386 g/mol. The van der Waals surface area contributed by atoms with Gasteiger partial charge < -0.3 is 10.6 Å². The number of sulfone groups is 1. The summed E-state index contributed by atoms with van der Waals surface area (Å²) < 4.78 is 60.2. The molecule has 2 aromatic carbocycles. The fourth-order valence-electron chi connectivity index (χ4n) is 2.04. The van der Waals surface area contributed by atoms with Gasteiger partial charge in [0.15, 0.2) is 0 Å². The maximum absolute atomic E-state index is 12.5. The van der Waals surface area contributed by atoms with Gasteiger partial charge >= 0.3 is 5.51 Å². The summed E-state index contributed by atoms with van der Waals surface area (Å²) in [6, 6.07) is 9.44. The summed E-state index contributed by atoms with van der Waals surface area (Å²) in [5.74, 6) is -1.15. The van der Waals surface area contributed by atoms with Crippen molar-refractivity contribution in [3.63, 3.8) is 0 Å². The third-order valence-electron chi connectivity index (χ3n) is 3.38. The van der Waals surface area contributed by atoms with E-state index < -0.39 is 32.1 Å². The molecule has 6 nitrogen and oxygen atoms in total. The number of hydrogen-bond acceptors (Lipinski definition) is 4. The van der Waals surface area contributed by atoms with Crippen molar-refractivity contribution in [3.05, 3.63) is 59.7 Å². The highest BCUT2D eigenvalue weighted by atomic mass is 32.2. The Hall–Kier alpha value is -2.88. The number of benzene rings is 2. The third-order valence-corrected chi connectivity index (χ3v) is 4.88. The second-order valence-electron chi connectivity index (χ2n) is 5.05. The minimum atomic E-state index is -5.48. The molecule has 138 valence electrons. The molecule has 2 aromatic rings. The Morgan fingerprint density at radius 3 is 2.04 bits per heavy atom. The molecule has 0 aromatic heterocycles. The molecule has 2 N–H and O–H groups in total. The molecule has 0 heterocycles. The maximum Gasteiger partial charge on any atom is 0.501 e. The van der Waals surface area contributed by atoms with E-state index in [4.69, 9.17) is 0 Å². The second-order valence-corrected chi connectivity index (χ2v) is 6.99. The van der Waals surface area contributed by atoms with Gasteiger partial charge in [-0.05, 0) is 36.4 Å². The van der Waals surface area contributed by atoms with Crippen LogP contribution in [0.3, 0.4) is 0 Å². The van der Waals surface area contributed by atoms with Crippen molar-refractivity contribution in [3.8, 4) is 0 Å². The van der Waals surface area contributed by atoms with E-state index in [0.717, 1.165) is 12.1 Å². The minimum absolute atomic E-state index is 0.0714. The molecule has 2 amide bonds. The van der Waals surface area contributed by atoms with E-state index >= 15 is 0 Å². The summed E-state index contributed by atoms with van der Waals surface area (Å²) in [5.41, 5.74) is -5.11. The second kappa shape index (κ2) is 7.16. The molecule has 0 aliphatic heterocycles. The van der Waals surface area contributed by atoms with E-state index in [1.54, 1.807) is 12.1 Å². The van der Waals surface area contributed by atoms with Crippen molar-refractivity contribution in [2.24, 2.45) is 0 Å². The molecule has 2 rings (SSSR count). The van der Waals surface area contributed by atoms with Crippen LogP contribution >= 0.6 is 0 Å². The topological polar surface area (TPSA) is 92.3 Å². The number of carbonyl (C=O) groups excluding carboxylic acids is 2. The van der Waals surface area contributed by atoms with E-state index in [1.165, 1.54) is 19.2 Å². The van der Waals surface area contributed by atoms with Gasteiger partial charge in [0.25, 0.3) is 21.7 Å². The fourth-order valence-corrected chi connectivity index (χ4v) is 2.80. The van der Waals surface area contributed by atoms with Crippen LogP contribution in [-0.4, -0.2) is 32.8 Å². The number of para-hydroxylation sites is 1. The van der Waals surface area contributed by atoms with Gasteiger partial charge in [-0.2, -0.15) is 13.2 Å². The van der Waals surface area contributed by atoms with Gasteiger partial charge in [-0.1, -0.05) is 12.1 Å². The van der Waals surface area contributed by atoms with Crippen LogP contribution in [0.4, 0.5) is 18.9 Å². The van der Waals surface area contributed by atoms with Crippen LogP contribution < -0.4 is 10.6 Å². The van der Waals surface area contributed by atoms with Crippen LogP contribution in [-0.2, 0) is 9.84 Å². The van der Waals surface area contributed by atoms with E-state index in [-0.39, 0.29) is 16.8 Å². The number of amides is 2. The van der Waals surface area contributed by atoms with E-state index in [0.29, 0.717) is 12.1 Å². The Morgan fingerprint density at radius 2 is 1.50 bits per heavy atom. The Labute approximate surface area is 146 Å². The Morgan fingerprint density at radius 1 is 0.923 bits per heavy atom. The molecule has 0 spiro atoms. The van der Waals surface area contributed by atoms with Gasteiger partial charge in [0.2, 0.25) is 0 Å². The largest absolute Gasteiger partial charge is 0.501 e. The minimum Gasteiger partial charge on any atom is -0.355 e. The maximum atomic E-state index is 12.5. The Bertz CT molecular complexity index is 939. The molecule has 0 saturated heterocycles. The Kier molecular flexibility index (Phi) is 5.36. The average Bonchev–Trinajstić information content (AvgIpc) is 2.60. The van der Waals surface area contributed by atoms with E-state index in [1.807, 2.05) is 0 Å². The number of carbonyl (C=O) groups is 2. The van der Waals surface area contributed by atoms with Crippen molar-refractivity contribution >= 4 is 27.3 Å². The summed E-state index contributed by atoms with van der Waals surface area (Å²) in [5, 5.41) is 4.87. The molecule has 10 heteroatoms.